The zero-order valence-corrected chi connectivity index (χ0v) is 21.9. The fraction of sp³-hybridized carbons (Fsp3) is 0.273. The Balaban J connectivity index is 1.16. The second-order valence-electron chi connectivity index (χ2n) is 7.02. The van der Waals surface area contributed by atoms with E-state index in [4.69, 9.17) is 22.7 Å². The van der Waals surface area contributed by atoms with Crippen LogP contribution in [0.15, 0.2) is 60.7 Å². The molecule has 0 heterocycles. The van der Waals surface area contributed by atoms with Gasteiger partial charge in [0.25, 0.3) is 0 Å². The summed E-state index contributed by atoms with van der Waals surface area (Å²) in [6.07, 6.45) is 8.79. The predicted molar refractivity (Wildman–Crippen MR) is 110 cm³/mol. The van der Waals surface area contributed by atoms with Gasteiger partial charge in [0, 0.05) is 0 Å². The number of fused-ring (bicyclic) bond motifs is 2. The van der Waals surface area contributed by atoms with Gasteiger partial charge in [-0.15, -0.1) is 0 Å². The first-order valence-corrected chi connectivity index (χ1v) is 21.3. The molecule has 6 heteroatoms. The molecule has 2 aromatic carbocycles. The molecule has 0 bridgehead atoms. The molecule has 144 valence electrons. The molecule has 2 unspecified atom stereocenters. The standard InChI is InChI=1S/2C10H9O.C2H4.2ClH.2Zr/c2*11-7-9-6-5-8-3-1-2-4-10(8)9;1-2;;;;/h2*1-6,9H,7H2;1-2H2;2*1H;;/q2*-1;;;;2*+2/p-2. The predicted octanol–water partition coefficient (Wildman–Crippen LogP) is 6.85. The van der Waals surface area contributed by atoms with Gasteiger partial charge in [-0.25, -0.2) is 0 Å². The zero-order valence-electron chi connectivity index (χ0n) is 15.5. The van der Waals surface area contributed by atoms with Gasteiger partial charge >= 0.3 is 193 Å². The number of benzene rings is 2. The van der Waals surface area contributed by atoms with Crippen molar-refractivity contribution in [1.29, 1.82) is 0 Å². The Morgan fingerprint density at radius 1 is 0.679 bits per heavy atom. The maximum atomic E-state index is 6.58. The number of halogens is 2. The second-order valence-corrected chi connectivity index (χ2v) is 19.4. The second kappa shape index (κ2) is 10.5. The zero-order chi connectivity index (χ0) is 19.3. The summed E-state index contributed by atoms with van der Waals surface area (Å²) in [7, 11) is 13.2. The van der Waals surface area contributed by atoms with Gasteiger partial charge in [0.15, 0.2) is 0 Å². The fourth-order valence-electron chi connectivity index (χ4n) is 3.64. The molecule has 0 spiro atoms. The van der Waals surface area contributed by atoms with Crippen LogP contribution in [0.1, 0.15) is 34.1 Å². The first-order valence-electron chi connectivity index (χ1n) is 9.53. The van der Waals surface area contributed by atoms with Crippen LogP contribution >= 0.6 is 17.0 Å². The van der Waals surface area contributed by atoms with Crippen molar-refractivity contribution in [3.05, 3.63) is 82.9 Å². The summed E-state index contributed by atoms with van der Waals surface area (Å²) in [4.78, 5) is 0. The molecule has 2 aromatic rings. The van der Waals surface area contributed by atoms with Crippen molar-refractivity contribution >= 4 is 29.2 Å². The van der Waals surface area contributed by atoms with Crippen molar-refractivity contribution in [2.45, 2.75) is 20.1 Å². The Labute approximate surface area is 191 Å². The van der Waals surface area contributed by atoms with Gasteiger partial charge in [0.1, 0.15) is 0 Å². The first kappa shape index (κ1) is 21.4. The van der Waals surface area contributed by atoms with Crippen molar-refractivity contribution in [2.24, 2.45) is 0 Å². The summed E-state index contributed by atoms with van der Waals surface area (Å²) in [5, 5.41) is 0. The molecule has 2 nitrogen and oxygen atoms in total. The van der Waals surface area contributed by atoms with E-state index in [-0.39, 0.29) is 0 Å². The summed E-state index contributed by atoms with van der Waals surface area (Å²) >= 11 is -4.63. The topological polar surface area (TPSA) is 18.5 Å². The van der Waals surface area contributed by atoms with Crippen LogP contribution in [0.4, 0.5) is 0 Å². The number of hydrogen-bond donors (Lipinski definition) is 0. The molecule has 28 heavy (non-hydrogen) atoms. The van der Waals surface area contributed by atoms with Crippen LogP contribution in [0.25, 0.3) is 12.2 Å². The monoisotopic (exact) mass is 568 g/mol. The molecule has 0 saturated carbocycles. The average molecular weight is 572 g/mol. The van der Waals surface area contributed by atoms with Crippen molar-refractivity contribution in [3.8, 4) is 0 Å². The van der Waals surface area contributed by atoms with E-state index in [9.17, 15) is 0 Å². The van der Waals surface area contributed by atoms with Gasteiger partial charge in [-0.3, -0.25) is 0 Å². The normalized spacial score (nSPS) is 18.9. The van der Waals surface area contributed by atoms with Crippen molar-refractivity contribution < 1.29 is 47.6 Å². The third-order valence-corrected chi connectivity index (χ3v) is 17.2. The van der Waals surface area contributed by atoms with Crippen molar-refractivity contribution in [3.63, 3.8) is 0 Å². The van der Waals surface area contributed by atoms with E-state index < -0.39 is 42.0 Å². The molecule has 0 saturated heterocycles. The minimum atomic E-state index is -2.31. The van der Waals surface area contributed by atoms with Crippen LogP contribution in [0, 0.1) is 0 Å². The maximum absolute atomic E-state index is 6.58. The van der Waals surface area contributed by atoms with E-state index in [2.05, 4.69) is 72.8 Å². The molecule has 2 aliphatic carbocycles. The van der Waals surface area contributed by atoms with E-state index in [0.717, 1.165) is 8.26 Å². The fourth-order valence-corrected chi connectivity index (χ4v) is 20.2. The Morgan fingerprint density at radius 2 is 1.11 bits per heavy atom. The molecule has 0 radical (unpaired) electrons. The first-order chi connectivity index (χ1) is 13.7. The third kappa shape index (κ3) is 5.45. The minimum absolute atomic E-state index is 0.338. The van der Waals surface area contributed by atoms with Crippen LogP contribution in [0.2, 0.25) is 8.26 Å². The van der Waals surface area contributed by atoms with Crippen LogP contribution in [-0.2, 0) is 47.6 Å². The summed E-state index contributed by atoms with van der Waals surface area (Å²) in [6, 6.07) is 17.0. The molecule has 2 aliphatic rings. The number of rotatable bonds is 9. The Bertz CT molecular complexity index is 800. The van der Waals surface area contributed by atoms with E-state index in [1.54, 1.807) is 0 Å². The molecule has 0 fully saturated rings. The third-order valence-electron chi connectivity index (χ3n) is 5.16. The van der Waals surface area contributed by atoms with E-state index >= 15 is 0 Å². The van der Waals surface area contributed by atoms with Gasteiger partial charge in [0.05, 0.1) is 0 Å². The summed E-state index contributed by atoms with van der Waals surface area (Å²) < 4.78 is 14.0. The molecule has 0 aliphatic heterocycles. The van der Waals surface area contributed by atoms with Crippen LogP contribution < -0.4 is 0 Å². The average Bonchev–Trinajstić information content (AvgIpc) is 3.33. The van der Waals surface area contributed by atoms with Gasteiger partial charge in [-0.1, -0.05) is 0 Å². The van der Waals surface area contributed by atoms with Crippen LogP contribution in [0.5, 0.6) is 0 Å². The SMILES string of the molecule is [Cl][Zr]([CH2][CH2][Zr]([Cl])[O]CC1C=Cc2ccccc21)[O]CC1C=Cc2ccccc21. The van der Waals surface area contributed by atoms with Crippen molar-refractivity contribution in [1.82, 2.24) is 0 Å². The summed E-state index contributed by atoms with van der Waals surface area (Å²) in [5.74, 6) is 0.676. The number of hydrogen-bond acceptors (Lipinski definition) is 2. The Hall–Kier alpha value is 0.186. The van der Waals surface area contributed by atoms with Crippen LogP contribution in [0.3, 0.4) is 0 Å². The molecule has 4 rings (SSSR count). The van der Waals surface area contributed by atoms with E-state index in [1.807, 2.05) is 0 Å². The Morgan fingerprint density at radius 3 is 1.57 bits per heavy atom. The molecule has 2 atom stereocenters. The molecule has 0 amide bonds. The summed E-state index contributed by atoms with van der Waals surface area (Å²) in [5.41, 5.74) is 5.28. The van der Waals surface area contributed by atoms with Crippen molar-refractivity contribution in [2.75, 3.05) is 13.2 Å². The molecule has 0 aromatic heterocycles. The molecular formula is C22H22Cl2O2Zr2. The quantitative estimate of drug-likeness (QED) is 0.328. The Kier molecular flexibility index (Phi) is 8.01. The molecule has 0 N–H and O–H groups in total. The van der Waals surface area contributed by atoms with Gasteiger partial charge in [-0.05, 0) is 0 Å². The van der Waals surface area contributed by atoms with Gasteiger partial charge in [0.2, 0.25) is 0 Å². The van der Waals surface area contributed by atoms with E-state index in [1.165, 1.54) is 22.3 Å². The van der Waals surface area contributed by atoms with Crippen LogP contribution in [-0.4, -0.2) is 13.2 Å². The van der Waals surface area contributed by atoms with Gasteiger partial charge in [-0.2, -0.15) is 0 Å². The van der Waals surface area contributed by atoms with Gasteiger partial charge < -0.3 is 0 Å². The summed E-state index contributed by atoms with van der Waals surface area (Å²) in [6.45, 7) is 1.38. The molecular weight excluding hydrogens is 550 g/mol. The van der Waals surface area contributed by atoms with E-state index in [0.29, 0.717) is 25.0 Å².